The molecule has 1 atom stereocenters. The molecule has 4 rings (SSSR count). The minimum Gasteiger partial charge on any atom is -0.369 e. The van der Waals surface area contributed by atoms with E-state index >= 15 is 0 Å². The first-order valence-electron chi connectivity index (χ1n) is 9.20. The maximum Gasteiger partial charge on any atom is 0.231 e. The molecular formula is C20H23N5O. The van der Waals surface area contributed by atoms with Crippen LogP contribution in [0.1, 0.15) is 48.7 Å². The summed E-state index contributed by atoms with van der Waals surface area (Å²) in [6.07, 6.45) is 4.51. The lowest BCUT2D eigenvalue weighted by molar-refractivity contribution is 0.363. The van der Waals surface area contributed by atoms with Crippen molar-refractivity contribution in [3.8, 4) is 11.4 Å². The number of nitrogens with one attached hydrogen (secondary N) is 1. The third-order valence-corrected chi connectivity index (χ3v) is 4.77. The van der Waals surface area contributed by atoms with Crippen molar-refractivity contribution in [1.82, 2.24) is 20.1 Å². The Labute approximate surface area is 153 Å². The van der Waals surface area contributed by atoms with Crippen LogP contribution in [0.5, 0.6) is 0 Å². The fourth-order valence-corrected chi connectivity index (χ4v) is 3.34. The van der Waals surface area contributed by atoms with E-state index in [2.05, 4.69) is 32.3 Å². The Morgan fingerprint density at radius 1 is 1.08 bits per heavy atom. The molecule has 26 heavy (non-hydrogen) atoms. The minimum atomic E-state index is 0.0921. The molecule has 6 nitrogen and oxygen atoms in total. The number of aromatic nitrogens is 4. The third-order valence-electron chi connectivity index (χ3n) is 4.77. The molecule has 1 aliphatic carbocycles. The van der Waals surface area contributed by atoms with Crippen LogP contribution in [0, 0.1) is 6.92 Å². The van der Waals surface area contributed by atoms with E-state index in [-0.39, 0.29) is 5.92 Å². The molecule has 2 aromatic heterocycles. The van der Waals surface area contributed by atoms with Gasteiger partial charge in [0, 0.05) is 23.4 Å². The van der Waals surface area contributed by atoms with E-state index in [9.17, 15) is 0 Å². The number of benzene rings is 1. The predicted molar refractivity (Wildman–Crippen MR) is 100 cm³/mol. The molecule has 6 heteroatoms. The van der Waals surface area contributed by atoms with Crippen molar-refractivity contribution in [2.75, 3.05) is 11.9 Å². The lowest BCUT2D eigenvalue weighted by Gasteiger charge is -2.20. The summed E-state index contributed by atoms with van der Waals surface area (Å²) < 4.78 is 5.47. The molecular weight excluding hydrogens is 326 g/mol. The van der Waals surface area contributed by atoms with Crippen LogP contribution < -0.4 is 5.32 Å². The van der Waals surface area contributed by atoms with Gasteiger partial charge in [0.2, 0.25) is 11.7 Å². The monoisotopic (exact) mass is 349 g/mol. The van der Waals surface area contributed by atoms with Crippen molar-refractivity contribution in [3.63, 3.8) is 0 Å². The first-order valence-corrected chi connectivity index (χ1v) is 9.20. The number of anilines is 1. The van der Waals surface area contributed by atoms with E-state index in [1.165, 1.54) is 24.1 Å². The van der Waals surface area contributed by atoms with E-state index in [0.717, 1.165) is 30.0 Å². The molecule has 1 aliphatic rings. The number of nitrogens with zero attached hydrogens (tertiary/aromatic N) is 4. The molecule has 0 aliphatic heterocycles. The molecule has 134 valence electrons. The summed E-state index contributed by atoms with van der Waals surface area (Å²) in [6.45, 7) is 4.72. The zero-order valence-electron chi connectivity index (χ0n) is 15.2. The Balaban J connectivity index is 1.47. The Kier molecular flexibility index (Phi) is 4.65. The van der Waals surface area contributed by atoms with Crippen molar-refractivity contribution in [2.45, 2.75) is 45.4 Å². The number of rotatable bonds is 5. The summed E-state index contributed by atoms with van der Waals surface area (Å²) in [5.74, 6) is 3.14. The van der Waals surface area contributed by atoms with Crippen LogP contribution in [-0.2, 0) is 12.8 Å². The van der Waals surface area contributed by atoms with Crippen molar-refractivity contribution in [1.29, 1.82) is 0 Å². The van der Waals surface area contributed by atoms with Gasteiger partial charge in [0.25, 0.3) is 0 Å². The van der Waals surface area contributed by atoms with Gasteiger partial charge in [-0.15, -0.1) is 0 Å². The van der Waals surface area contributed by atoms with Gasteiger partial charge in [-0.2, -0.15) is 4.98 Å². The van der Waals surface area contributed by atoms with Gasteiger partial charge in [0.15, 0.2) is 0 Å². The Morgan fingerprint density at radius 3 is 2.73 bits per heavy atom. The van der Waals surface area contributed by atoms with Crippen LogP contribution in [0.15, 0.2) is 34.9 Å². The summed E-state index contributed by atoms with van der Waals surface area (Å²) >= 11 is 0. The lowest BCUT2D eigenvalue weighted by atomic mass is 9.96. The second-order valence-electron chi connectivity index (χ2n) is 6.86. The van der Waals surface area contributed by atoms with Crippen LogP contribution in [-0.4, -0.2) is 26.7 Å². The topological polar surface area (TPSA) is 76.7 Å². The summed E-state index contributed by atoms with van der Waals surface area (Å²) in [4.78, 5) is 13.8. The molecule has 0 saturated carbocycles. The van der Waals surface area contributed by atoms with Gasteiger partial charge in [-0.1, -0.05) is 42.4 Å². The highest BCUT2D eigenvalue weighted by molar-refractivity contribution is 5.53. The second kappa shape index (κ2) is 7.23. The molecule has 3 aromatic rings. The summed E-state index contributed by atoms with van der Waals surface area (Å²) in [7, 11) is 0. The summed E-state index contributed by atoms with van der Waals surface area (Å²) in [5, 5.41) is 7.59. The average Bonchev–Trinajstić information content (AvgIpc) is 3.17. The van der Waals surface area contributed by atoms with Gasteiger partial charge in [-0.3, -0.25) is 0 Å². The molecule has 1 unspecified atom stereocenters. The number of aryl methyl sites for hydroxylation is 2. The zero-order valence-corrected chi connectivity index (χ0v) is 15.2. The second-order valence-corrected chi connectivity index (χ2v) is 6.86. The summed E-state index contributed by atoms with van der Waals surface area (Å²) in [6, 6.07) is 9.87. The van der Waals surface area contributed by atoms with Crippen molar-refractivity contribution < 1.29 is 4.52 Å². The molecule has 2 heterocycles. The molecule has 0 fully saturated rings. The Hall–Kier alpha value is -2.76. The number of hydrogen-bond donors (Lipinski definition) is 1. The predicted octanol–water partition coefficient (Wildman–Crippen LogP) is 3.93. The summed E-state index contributed by atoms with van der Waals surface area (Å²) in [5.41, 5.74) is 3.43. The molecule has 0 saturated heterocycles. The fraction of sp³-hybridized carbons (Fsp3) is 0.400. The highest BCUT2D eigenvalue weighted by Gasteiger charge is 2.19. The van der Waals surface area contributed by atoms with Crippen LogP contribution >= 0.6 is 0 Å². The van der Waals surface area contributed by atoms with E-state index < -0.39 is 0 Å². The van der Waals surface area contributed by atoms with Gasteiger partial charge < -0.3 is 9.84 Å². The lowest BCUT2D eigenvalue weighted by Crippen LogP contribution is -2.17. The highest BCUT2D eigenvalue weighted by Crippen LogP contribution is 2.26. The first kappa shape index (κ1) is 16.7. The van der Waals surface area contributed by atoms with Crippen LogP contribution in [0.25, 0.3) is 11.4 Å². The van der Waals surface area contributed by atoms with Gasteiger partial charge in [0.05, 0.1) is 5.92 Å². The van der Waals surface area contributed by atoms with Gasteiger partial charge >= 0.3 is 0 Å². The SMILES string of the molecule is Cc1nc2c(c(NCC(C)c3nc(-c4ccccc4)no3)n1)CCCC2. The maximum absolute atomic E-state index is 5.47. The van der Waals surface area contributed by atoms with E-state index in [0.29, 0.717) is 18.3 Å². The molecule has 0 amide bonds. The van der Waals surface area contributed by atoms with Crippen molar-refractivity contribution in [3.05, 3.63) is 53.3 Å². The molecule has 1 N–H and O–H groups in total. The van der Waals surface area contributed by atoms with Crippen LogP contribution in [0.4, 0.5) is 5.82 Å². The van der Waals surface area contributed by atoms with Gasteiger partial charge in [-0.25, -0.2) is 9.97 Å². The molecule has 1 aromatic carbocycles. The first-order chi connectivity index (χ1) is 12.7. The molecule has 0 bridgehead atoms. The third kappa shape index (κ3) is 3.45. The van der Waals surface area contributed by atoms with Crippen LogP contribution in [0.3, 0.4) is 0 Å². The zero-order chi connectivity index (χ0) is 17.9. The smallest absolute Gasteiger partial charge is 0.231 e. The van der Waals surface area contributed by atoms with E-state index in [4.69, 9.17) is 4.52 Å². The maximum atomic E-state index is 5.47. The minimum absolute atomic E-state index is 0.0921. The number of hydrogen-bond acceptors (Lipinski definition) is 6. The fourth-order valence-electron chi connectivity index (χ4n) is 3.34. The largest absolute Gasteiger partial charge is 0.369 e. The quantitative estimate of drug-likeness (QED) is 0.752. The van der Waals surface area contributed by atoms with Crippen molar-refractivity contribution in [2.24, 2.45) is 0 Å². The number of fused-ring (bicyclic) bond motifs is 1. The average molecular weight is 349 g/mol. The van der Waals surface area contributed by atoms with Crippen LogP contribution in [0.2, 0.25) is 0 Å². The Bertz CT molecular complexity index is 890. The van der Waals surface area contributed by atoms with Crippen molar-refractivity contribution >= 4 is 5.82 Å². The molecule has 0 radical (unpaired) electrons. The highest BCUT2D eigenvalue weighted by atomic mass is 16.5. The van der Waals surface area contributed by atoms with Gasteiger partial charge in [-0.05, 0) is 32.6 Å². The van der Waals surface area contributed by atoms with E-state index in [1.807, 2.05) is 37.3 Å². The Morgan fingerprint density at radius 2 is 1.88 bits per heavy atom. The normalized spacial score (nSPS) is 14.7. The standard InChI is InChI=1S/C20H23N5O/c1-13(20-24-18(25-26-20)15-8-4-3-5-9-15)12-21-19-16-10-6-7-11-17(16)22-14(2)23-19/h3-5,8-9,13H,6-7,10-12H2,1-2H3,(H,21,22,23). The molecule has 0 spiro atoms. The van der Waals surface area contributed by atoms with Gasteiger partial charge in [0.1, 0.15) is 11.6 Å². The van der Waals surface area contributed by atoms with E-state index in [1.54, 1.807) is 0 Å².